The van der Waals surface area contributed by atoms with Gasteiger partial charge in [0.1, 0.15) is 0 Å². The van der Waals surface area contributed by atoms with E-state index in [1.807, 2.05) is 0 Å². The fourth-order valence-electron chi connectivity index (χ4n) is 5.80. The molecule has 0 atom stereocenters. The molecule has 2 aliphatic rings. The average Bonchev–Trinajstić information content (AvgIpc) is 2.88. The first-order valence-corrected chi connectivity index (χ1v) is 11.6. The minimum atomic E-state index is -0.308. The molecule has 1 heterocycles. The second kappa shape index (κ2) is 8.10. The van der Waals surface area contributed by atoms with Gasteiger partial charge in [-0.05, 0) is 50.1 Å². The van der Waals surface area contributed by atoms with Gasteiger partial charge in [-0.1, -0.05) is 51.0 Å². The van der Waals surface area contributed by atoms with E-state index in [-0.39, 0.29) is 5.41 Å². The summed E-state index contributed by atoms with van der Waals surface area (Å²) < 4.78 is 0. The number of hydrogen-bond donors (Lipinski definition) is 0. The molecule has 156 valence electrons. The van der Waals surface area contributed by atoms with Gasteiger partial charge in [-0.2, -0.15) is 0 Å². The molecule has 3 heteroatoms. The highest BCUT2D eigenvalue weighted by Crippen LogP contribution is 2.49. The molecular formula is C26H36N2O. The van der Waals surface area contributed by atoms with Crippen molar-refractivity contribution in [2.75, 3.05) is 31.1 Å². The summed E-state index contributed by atoms with van der Waals surface area (Å²) >= 11 is 0. The Morgan fingerprint density at radius 2 is 1.72 bits per heavy atom. The smallest absolute Gasteiger partial charge is 0.174 e. The summed E-state index contributed by atoms with van der Waals surface area (Å²) in [5, 5.41) is 2.52. The monoisotopic (exact) mass is 392 g/mol. The van der Waals surface area contributed by atoms with E-state index in [2.05, 4.69) is 67.8 Å². The lowest BCUT2D eigenvalue weighted by atomic mass is 9.73. The minimum Gasteiger partial charge on any atom is -0.370 e. The van der Waals surface area contributed by atoms with Crippen LogP contribution in [0.2, 0.25) is 0 Å². The molecule has 29 heavy (non-hydrogen) atoms. The van der Waals surface area contributed by atoms with E-state index in [0.29, 0.717) is 11.8 Å². The standard InChI is InChI=1S/C26H36N2O/c1-5-13-26(14-6-2)22-11-12-23(20-9-7-10-21(24(20)22)25(26)29)28-16-8-15-27(17-18-28)19(3)4/h7,9-12,19H,5-6,8,13-18H2,1-4H3. The number of anilines is 1. The minimum absolute atomic E-state index is 0.308. The van der Waals surface area contributed by atoms with E-state index in [9.17, 15) is 4.79 Å². The molecule has 1 aliphatic carbocycles. The van der Waals surface area contributed by atoms with Crippen molar-refractivity contribution in [2.24, 2.45) is 0 Å². The highest BCUT2D eigenvalue weighted by Gasteiger charge is 2.46. The van der Waals surface area contributed by atoms with Crippen LogP contribution in [-0.2, 0) is 5.41 Å². The van der Waals surface area contributed by atoms with Gasteiger partial charge in [-0.3, -0.25) is 9.69 Å². The van der Waals surface area contributed by atoms with Gasteiger partial charge in [0.25, 0.3) is 0 Å². The molecule has 0 radical (unpaired) electrons. The summed E-state index contributed by atoms with van der Waals surface area (Å²) in [6.45, 7) is 13.4. The number of hydrogen-bond acceptors (Lipinski definition) is 3. The van der Waals surface area contributed by atoms with Crippen LogP contribution in [0, 0.1) is 0 Å². The summed E-state index contributed by atoms with van der Waals surface area (Å²) in [5.74, 6) is 0.362. The Morgan fingerprint density at radius 1 is 0.966 bits per heavy atom. The van der Waals surface area contributed by atoms with Gasteiger partial charge in [-0.15, -0.1) is 0 Å². The molecule has 1 aliphatic heterocycles. The van der Waals surface area contributed by atoms with Crippen molar-refractivity contribution in [1.29, 1.82) is 0 Å². The number of carbonyl (C=O) groups is 1. The summed E-state index contributed by atoms with van der Waals surface area (Å²) in [6, 6.07) is 11.6. The summed E-state index contributed by atoms with van der Waals surface area (Å²) in [6.07, 6.45) is 5.18. The van der Waals surface area contributed by atoms with Crippen molar-refractivity contribution in [3.63, 3.8) is 0 Å². The molecular weight excluding hydrogens is 356 g/mol. The zero-order chi connectivity index (χ0) is 20.6. The lowest BCUT2D eigenvalue weighted by molar-refractivity contribution is 0.0874. The van der Waals surface area contributed by atoms with Gasteiger partial charge in [0.2, 0.25) is 0 Å². The normalized spacial score (nSPS) is 19.3. The second-order valence-corrected chi connectivity index (χ2v) is 9.24. The van der Waals surface area contributed by atoms with Crippen LogP contribution in [0.4, 0.5) is 5.69 Å². The molecule has 0 bridgehead atoms. The maximum atomic E-state index is 13.6. The average molecular weight is 393 g/mol. The van der Waals surface area contributed by atoms with E-state index in [1.54, 1.807) is 0 Å². The van der Waals surface area contributed by atoms with Crippen LogP contribution >= 0.6 is 0 Å². The quantitative estimate of drug-likeness (QED) is 0.621. The second-order valence-electron chi connectivity index (χ2n) is 9.24. The molecule has 0 N–H and O–H groups in total. The topological polar surface area (TPSA) is 23.6 Å². The van der Waals surface area contributed by atoms with Gasteiger partial charge in [0.05, 0.1) is 5.41 Å². The Kier molecular flexibility index (Phi) is 5.70. The van der Waals surface area contributed by atoms with E-state index in [0.717, 1.165) is 50.9 Å². The Bertz CT molecular complexity index is 895. The molecule has 3 nitrogen and oxygen atoms in total. The number of benzene rings is 2. The van der Waals surface area contributed by atoms with Crippen LogP contribution < -0.4 is 4.90 Å². The maximum absolute atomic E-state index is 13.6. The Morgan fingerprint density at radius 3 is 2.41 bits per heavy atom. The molecule has 2 aromatic rings. The summed E-state index contributed by atoms with van der Waals surface area (Å²) in [7, 11) is 0. The Hall–Kier alpha value is -1.87. The molecule has 0 spiro atoms. The number of Topliss-reactive ketones (excluding diaryl/α,β-unsaturated/α-hetero) is 1. The Labute approximate surface area is 176 Å². The molecule has 2 aromatic carbocycles. The third kappa shape index (κ3) is 3.28. The van der Waals surface area contributed by atoms with Crippen molar-refractivity contribution in [3.05, 3.63) is 41.5 Å². The lowest BCUT2D eigenvalue weighted by Crippen LogP contribution is -2.35. The van der Waals surface area contributed by atoms with Crippen LogP contribution in [-0.4, -0.2) is 42.9 Å². The van der Waals surface area contributed by atoms with E-state index < -0.39 is 0 Å². The SMILES string of the molecule is CCCC1(CCC)C(=O)c2cccc3c(N4CCCN(C(C)C)CC4)ccc1c23. The number of rotatable bonds is 6. The van der Waals surface area contributed by atoms with Crippen LogP contribution in [0.1, 0.15) is 75.7 Å². The number of nitrogens with zero attached hydrogens (tertiary/aromatic N) is 2. The third-order valence-corrected chi connectivity index (χ3v) is 7.17. The lowest BCUT2D eigenvalue weighted by Gasteiger charge is -2.30. The largest absolute Gasteiger partial charge is 0.370 e. The number of ketones is 1. The fourth-order valence-corrected chi connectivity index (χ4v) is 5.80. The highest BCUT2D eigenvalue weighted by molar-refractivity contribution is 6.22. The first-order chi connectivity index (χ1) is 14.0. The van der Waals surface area contributed by atoms with E-state index in [1.165, 1.54) is 35.0 Å². The molecule has 0 saturated carbocycles. The highest BCUT2D eigenvalue weighted by atomic mass is 16.1. The number of carbonyl (C=O) groups excluding carboxylic acids is 1. The molecule has 0 unspecified atom stereocenters. The molecule has 4 rings (SSSR count). The maximum Gasteiger partial charge on any atom is 0.174 e. The van der Waals surface area contributed by atoms with Crippen molar-refractivity contribution in [3.8, 4) is 0 Å². The zero-order valence-electron chi connectivity index (χ0n) is 18.6. The predicted octanol–water partition coefficient (Wildman–Crippen LogP) is 5.79. The van der Waals surface area contributed by atoms with Gasteiger partial charge < -0.3 is 4.90 Å². The van der Waals surface area contributed by atoms with Crippen molar-refractivity contribution in [2.45, 2.75) is 71.3 Å². The zero-order valence-corrected chi connectivity index (χ0v) is 18.6. The van der Waals surface area contributed by atoms with E-state index >= 15 is 0 Å². The molecule has 1 saturated heterocycles. The molecule has 1 fully saturated rings. The van der Waals surface area contributed by atoms with Gasteiger partial charge in [-0.25, -0.2) is 0 Å². The van der Waals surface area contributed by atoms with E-state index in [4.69, 9.17) is 0 Å². The van der Waals surface area contributed by atoms with Crippen molar-refractivity contribution >= 4 is 22.2 Å². The molecule has 0 aromatic heterocycles. The predicted molar refractivity (Wildman–Crippen MR) is 123 cm³/mol. The first-order valence-electron chi connectivity index (χ1n) is 11.6. The molecule has 0 amide bonds. The van der Waals surface area contributed by atoms with Gasteiger partial charge >= 0.3 is 0 Å². The van der Waals surface area contributed by atoms with Crippen LogP contribution in [0.25, 0.3) is 10.8 Å². The van der Waals surface area contributed by atoms with Crippen LogP contribution in [0.3, 0.4) is 0 Å². The van der Waals surface area contributed by atoms with Gasteiger partial charge in [0.15, 0.2) is 5.78 Å². The third-order valence-electron chi connectivity index (χ3n) is 7.17. The van der Waals surface area contributed by atoms with Gasteiger partial charge in [0, 0.05) is 48.9 Å². The summed E-state index contributed by atoms with van der Waals surface area (Å²) in [5.41, 5.74) is 3.25. The van der Waals surface area contributed by atoms with Crippen molar-refractivity contribution < 1.29 is 4.79 Å². The summed E-state index contributed by atoms with van der Waals surface area (Å²) in [4.78, 5) is 18.8. The van der Waals surface area contributed by atoms with Crippen LogP contribution in [0.15, 0.2) is 30.3 Å². The Balaban J connectivity index is 1.79. The van der Waals surface area contributed by atoms with Crippen molar-refractivity contribution in [1.82, 2.24) is 4.90 Å². The first kappa shape index (κ1) is 20.4. The van der Waals surface area contributed by atoms with Crippen LogP contribution in [0.5, 0.6) is 0 Å². The fraction of sp³-hybridized carbons (Fsp3) is 0.577.